The first kappa shape index (κ1) is 6.90. The van der Waals surface area contributed by atoms with E-state index in [1.165, 1.54) is 12.4 Å². The van der Waals surface area contributed by atoms with Crippen LogP contribution in [0, 0.1) is 5.21 Å². The third-order valence-corrected chi connectivity index (χ3v) is 1.79. The van der Waals surface area contributed by atoms with E-state index in [4.69, 9.17) is 0 Å². The molecule has 2 aromatic rings. The molecule has 0 aliphatic rings. The summed E-state index contributed by atoms with van der Waals surface area (Å²) >= 11 is 0. The summed E-state index contributed by atoms with van der Waals surface area (Å²) in [5, 5.41) is 13.8. The lowest BCUT2D eigenvalue weighted by atomic mass is 10.3. The molecule has 0 fully saturated rings. The van der Waals surface area contributed by atoms with Crippen LogP contribution >= 0.6 is 0 Å². The zero-order chi connectivity index (χ0) is 8.72. The summed E-state index contributed by atoms with van der Waals surface area (Å²) < 4.78 is 2.19. The first-order valence-corrected chi connectivity index (χ1v) is 3.46. The van der Waals surface area contributed by atoms with E-state index in [1.807, 2.05) is 0 Å². The molecule has 0 bridgehead atoms. The second-order valence-electron chi connectivity index (χ2n) is 2.60. The average Bonchev–Trinajstić information content (AvgIpc) is 2.28. The number of rotatable bonds is 0. The molecule has 5 heteroatoms. The summed E-state index contributed by atoms with van der Waals surface area (Å²) in [4.78, 5) is 11.1. The summed E-state index contributed by atoms with van der Waals surface area (Å²) in [5.74, 6) is 0. The molecule has 0 aliphatic heterocycles. The molecule has 0 radical (unpaired) electrons. The topological polar surface area (TPSA) is 64.7 Å². The van der Waals surface area contributed by atoms with Crippen molar-refractivity contribution >= 4 is 10.9 Å². The molecule has 5 nitrogen and oxygen atoms in total. The first-order chi connectivity index (χ1) is 5.68. The van der Waals surface area contributed by atoms with E-state index < -0.39 is 0 Å². The fourth-order valence-electron chi connectivity index (χ4n) is 1.21. The van der Waals surface area contributed by atoms with Crippen LogP contribution < -0.4 is 10.3 Å². The number of H-pyrrole nitrogens is 1. The van der Waals surface area contributed by atoms with Crippen LogP contribution in [0.1, 0.15) is 0 Å². The third kappa shape index (κ3) is 0.795. The number of aryl methyl sites for hydroxylation is 1. The fourth-order valence-corrected chi connectivity index (χ4v) is 1.21. The van der Waals surface area contributed by atoms with Crippen molar-refractivity contribution in [2.75, 3.05) is 0 Å². The molecular formula is C7H7N3O2. The molecule has 0 saturated heterocycles. The third-order valence-electron chi connectivity index (χ3n) is 1.79. The molecule has 2 rings (SSSR count). The van der Waals surface area contributed by atoms with E-state index in [9.17, 15) is 10.0 Å². The number of fused-ring (bicyclic) bond motifs is 1. The van der Waals surface area contributed by atoms with Crippen molar-refractivity contribution in [3.05, 3.63) is 34.0 Å². The van der Waals surface area contributed by atoms with Crippen LogP contribution in [0.3, 0.4) is 0 Å². The number of pyridine rings is 1. The Morgan fingerprint density at radius 1 is 1.67 bits per heavy atom. The molecule has 2 heterocycles. The maximum atomic E-state index is 11.1. The molecule has 0 unspecified atom stereocenters. The number of aromatic amines is 1. The standard InChI is InChI=1S/C7H7N3O2/c1-9-6-2-3-10(12)4-5(6)7(11)8-9/h2-4H,1H3,(H,8,11). The van der Waals surface area contributed by atoms with E-state index in [0.717, 1.165) is 5.52 Å². The van der Waals surface area contributed by atoms with E-state index in [2.05, 4.69) is 5.10 Å². The van der Waals surface area contributed by atoms with Gasteiger partial charge in [-0.1, -0.05) is 0 Å². The summed E-state index contributed by atoms with van der Waals surface area (Å²) in [6.45, 7) is 0. The largest absolute Gasteiger partial charge is 0.619 e. The lowest BCUT2D eigenvalue weighted by molar-refractivity contribution is -0.603. The van der Waals surface area contributed by atoms with Gasteiger partial charge in [-0.3, -0.25) is 14.6 Å². The molecule has 0 amide bonds. The van der Waals surface area contributed by atoms with E-state index in [-0.39, 0.29) is 5.56 Å². The molecular weight excluding hydrogens is 158 g/mol. The van der Waals surface area contributed by atoms with Crippen molar-refractivity contribution in [3.8, 4) is 0 Å². The molecule has 2 aromatic heterocycles. The highest BCUT2D eigenvalue weighted by Crippen LogP contribution is 2.02. The van der Waals surface area contributed by atoms with Gasteiger partial charge in [-0.25, -0.2) is 0 Å². The van der Waals surface area contributed by atoms with Crippen molar-refractivity contribution in [3.63, 3.8) is 0 Å². The molecule has 62 valence electrons. The zero-order valence-electron chi connectivity index (χ0n) is 6.44. The van der Waals surface area contributed by atoms with Gasteiger partial charge in [0.25, 0.3) is 5.56 Å². The van der Waals surface area contributed by atoms with Crippen LogP contribution in [0.15, 0.2) is 23.3 Å². The predicted octanol–water partition coefficient (Wildman–Crippen LogP) is -0.500. The van der Waals surface area contributed by atoms with Gasteiger partial charge in [-0.15, -0.1) is 0 Å². The lowest BCUT2D eigenvalue weighted by Gasteiger charge is -1.94. The Morgan fingerprint density at radius 2 is 2.42 bits per heavy atom. The van der Waals surface area contributed by atoms with Gasteiger partial charge in [0.1, 0.15) is 5.39 Å². The van der Waals surface area contributed by atoms with Gasteiger partial charge in [0.05, 0.1) is 5.52 Å². The maximum Gasteiger partial charge on any atom is 0.278 e. The first-order valence-electron chi connectivity index (χ1n) is 3.46. The zero-order valence-corrected chi connectivity index (χ0v) is 6.44. The second-order valence-corrected chi connectivity index (χ2v) is 2.60. The molecule has 0 atom stereocenters. The van der Waals surface area contributed by atoms with Crippen molar-refractivity contribution in [1.29, 1.82) is 0 Å². The Labute approximate surface area is 67.4 Å². The van der Waals surface area contributed by atoms with Crippen molar-refractivity contribution in [2.24, 2.45) is 7.05 Å². The predicted molar refractivity (Wildman–Crippen MR) is 42.5 cm³/mol. The van der Waals surface area contributed by atoms with Gasteiger partial charge in [0.15, 0.2) is 12.4 Å². The second kappa shape index (κ2) is 2.10. The van der Waals surface area contributed by atoms with Crippen LogP contribution in [-0.4, -0.2) is 9.78 Å². The number of hydrogen-bond donors (Lipinski definition) is 1. The van der Waals surface area contributed by atoms with Gasteiger partial charge < -0.3 is 5.21 Å². The Morgan fingerprint density at radius 3 is 3.17 bits per heavy atom. The van der Waals surface area contributed by atoms with E-state index in [0.29, 0.717) is 10.1 Å². The van der Waals surface area contributed by atoms with Gasteiger partial charge in [-0.05, 0) is 0 Å². The lowest BCUT2D eigenvalue weighted by Crippen LogP contribution is -2.24. The minimum Gasteiger partial charge on any atom is -0.619 e. The Hall–Kier alpha value is -1.78. The molecule has 0 spiro atoms. The molecule has 0 aromatic carbocycles. The van der Waals surface area contributed by atoms with Crippen LogP contribution in [0.25, 0.3) is 10.9 Å². The summed E-state index contributed by atoms with van der Waals surface area (Å²) in [6, 6.07) is 1.60. The highest BCUT2D eigenvalue weighted by atomic mass is 16.5. The van der Waals surface area contributed by atoms with Crippen molar-refractivity contribution in [1.82, 2.24) is 9.78 Å². The highest BCUT2D eigenvalue weighted by Gasteiger charge is 2.05. The van der Waals surface area contributed by atoms with Crippen LogP contribution in [0.5, 0.6) is 0 Å². The Bertz CT molecular complexity index is 483. The van der Waals surface area contributed by atoms with Gasteiger partial charge in [-0.2, -0.15) is 4.73 Å². The van der Waals surface area contributed by atoms with Gasteiger partial charge >= 0.3 is 0 Å². The summed E-state index contributed by atoms with van der Waals surface area (Å²) in [5.41, 5.74) is 0.491. The molecule has 12 heavy (non-hydrogen) atoms. The molecule has 1 N–H and O–H groups in total. The Kier molecular flexibility index (Phi) is 1.21. The minimum atomic E-state index is -0.238. The molecule has 0 saturated carbocycles. The van der Waals surface area contributed by atoms with Crippen LogP contribution in [0.2, 0.25) is 0 Å². The summed E-state index contributed by atoms with van der Waals surface area (Å²) in [7, 11) is 1.72. The van der Waals surface area contributed by atoms with Crippen molar-refractivity contribution < 1.29 is 4.73 Å². The smallest absolute Gasteiger partial charge is 0.278 e. The van der Waals surface area contributed by atoms with Gasteiger partial charge in [0.2, 0.25) is 0 Å². The number of aromatic nitrogens is 3. The SMILES string of the molecule is Cn1[nH]c(=O)c2c[n+]([O-])ccc21. The maximum absolute atomic E-state index is 11.1. The number of nitrogens with one attached hydrogen (secondary N) is 1. The monoisotopic (exact) mass is 165 g/mol. The quantitative estimate of drug-likeness (QED) is 0.422. The normalized spacial score (nSPS) is 10.8. The van der Waals surface area contributed by atoms with Crippen molar-refractivity contribution in [2.45, 2.75) is 0 Å². The van der Waals surface area contributed by atoms with Crippen LogP contribution in [0.4, 0.5) is 0 Å². The summed E-state index contributed by atoms with van der Waals surface area (Å²) in [6.07, 6.45) is 2.61. The average molecular weight is 165 g/mol. The number of nitrogens with zero attached hydrogens (tertiary/aromatic N) is 2. The molecule has 0 aliphatic carbocycles. The Balaban J connectivity index is 3.00. The minimum absolute atomic E-state index is 0.238. The highest BCUT2D eigenvalue weighted by molar-refractivity contribution is 5.76. The fraction of sp³-hybridized carbons (Fsp3) is 0.143. The van der Waals surface area contributed by atoms with Gasteiger partial charge in [0, 0.05) is 13.1 Å². The number of hydrogen-bond acceptors (Lipinski definition) is 2. The van der Waals surface area contributed by atoms with Crippen LogP contribution in [-0.2, 0) is 7.05 Å². The van der Waals surface area contributed by atoms with E-state index in [1.54, 1.807) is 17.8 Å². The van der Waals surface area contributed by atoms with E-state index >= 15 is 0 Å².